The lowest BCUT2D eigenvalue weighted by molar-refractivity contribution is 0.182. The Kier molecular flexibility index (Phi) is 5.42. The molecule has 4 rings (SSSR count). The highest BCUT2D eigenvalue weighted by Crippen LogP contribution is 2.34. The Morgan fingerprint density at radius 3 is 2.50 bits per heavy atom. The highest BCUT2D eigenvalue weighted by atomic mass is 16.2. The van der Waals surface area contributed by atoms with Gasteiger partial charge in [0.1, 0.15) is 0 Å². The molecule has 0 saturated heterocycles. The van der Waals surface area contributed by atoms with Crippen LogP contribution in [-0.2, 0) is 18.4 Å². The van der Waals surface area contributed by atoms with Gasteiger partial charge in [-0.3, -0.25) is 0 Å². The lowest BCUT2D eigenvalue weighted by atomic mass is 9.86. The number of hydrogen-bond donors (Lipinski definition) is 1. The molecule has 1 N–H and O–H groups in total. The predicted octanol–water partition coefficient (Wildman–Crippen LogP) is 5.99. The lowest BCUT2D eigenvalue weighted by Gasteiger charge is -2.37. The van der Waals surface area contributed by atoms with E-state index < -0.39 is 0 Å². The molecule has 1 atom stereocenters. The molecular formula is C26H31N3O. The Morgan fingerprint density at radius 2 is 1.80 bits per heavy atom. The van der Waals surface area contributed by atoms with Crippen molar-refractivity contribution in [2.75, 3.05) is 11.9 Å². The van der Waals surface area contributed by atoms with Crippen LogP contribution in [0.2, 0.25) is 0 Å². The monoisotopic (exact) mass is 401 g/mol. The normalized spacial score (nSPS) is 16.3. The van der Waals surface area contributed by atoms with Gasteiger partial charge in [0.15, 0.2) is 0 Å². The second-order valence-electron chi connectivity index (χ2n) is 9.08. The molecule has 2 aromatic carbocycles. The van der Waals surface area contributed by atoms with E-state index in [4.69, 9.17) is 0 Å². The van der Waals surface area contributed by atoms with E-state index in [-0.39, 0.29) is 17.5 Å². The average Bonchev–Trinajstić information content (AvgIpc) is 3.21. The molecule has 4 nitrogen and oxygen atoms in total. The summed E-state index contributed by atoms with van der Waals surface area (Å²) in [6.07, 6.45) is 3.05. The summed E-state index contributed by atoms with van der Waals surface area (Å²) in [6.45, 7) is 10.3. The molecule has 1 unspecified atom stereocenters. The average molecular weight is 402 g/mol. The minimum Gasteiger partial charge on any atom is -0.348 e. The molecule has 0 radical (unpaired) electrons. The third-order valence-corrected chi connectivity index (χ3v) is 5.98. The summed E-state index contributed by atoms with van der Waals surface area (Å²) in [5, 5.41) is 3.12. The number of hydrogen-bond acceptors (Lipinski definition) is 1. The minimum absolute atomic E-state index is 0.0550. The first-order valence-electron chi connectivity index (χ1n) is 10.8. The van der Waals surface area contributed by atoms with Crippen molar-refractivity contribution in [2.24, 2.45) is 0 Å². The van der Waals surface area contributed by atoms with Crippen LogP contribution < -0.4 is 5.32 Å². The smallest absolute Gasteiger partial charge is 0.322 e. The molecule has 0 bridgehead atoms. The van der Waals surface area contributed by atoms with Crippen molar-refractivity contribution >= 4 is 11.7 Å². The molecule has 156 valence electrons. The molecular weight excluding hydrogens is 370 g/mol. The second kappa shape index (κ2) is 8.02. The van der Waals surface area contributed by atoms with Crippen molar-refractivity contribution in [3.63, 3.8) is 0 Å². The summed E-state index contributed by atoms with van der Waals surface area (Å²) < 4.78 is 2.25. The number of benzene rings is 2. The molecule has 2 amide bonds. The molecule has 0 aliphatic carbocycles. The summed E-state index contributed by atoms with van der Waals surface area (Å²) in [5.74, 6) is 0. The second-order valence-corrected chi connectivity index (χ2v) is 9.08. The van der Waals surface area contributed by atoms with E-state index in [1.165, 1.54) is 11.1 Å². The van der Waals surface area contributed by atoms with Gasteiger partial charge in [-0.05, 0) is 52.8 Å². The predicted molar refractivity (Wildman–Crippen MR) is 123 cm³/mol. The van der Waals surface area contributed by atoms with Gasteiger partial charge in [0, 0.05) is 30.7 Å². The number of aromatic nitrogens is 1. The Hall–Kier alpha value is -3.01. The fourth-order valence-electron chi connectivity index (χ4n) is 4.18. The standard InChI is InChI=1S/C26H31N3O/c1-5-19-8-6-9-22(18-19)27-25(30)29-17-16-28-15-7-10-23(28)24(29)20-11-13-21(14-12-20)26(2,3)4/h6-15,18,24H,5,16-17H2,1-4H3,(H,27,30). The molecule has 1 aromatic heterocycles. The number of aryl methyl sites for hydroxylation is 1. The molecule has 0 fully saturated rings. The SMILES string of the molecule is CCc1cccc(NC(=O)N2CCn3cccc3C2c2ccc(C(C)(C)C)cc2)c1. The lowest BCUT2D eigenvalue weighted by Crippen LogP contribution is -2.44. The number of nitrogens with one attached hydrogen (secondary N) is 1. The number of rotatable bonds is 3. The topological polar surface area (TPSA) is 37.3 Å². The van der Waals surface area contributed by atoms with Crippen LogP contribution in [0.5, 0.6) is 0 Å². The minimum atomic E-state index is -0.0999. The maximum atomic E-state index is 13.3. The molecule has 0 spiro atoms. The van der Waals surface area contributed by atoms with Crippen LogP contribution in [0, 0.1) is 0 Å². The van der Waals surface area contributed by atoms with Crippen LogP contribution in [0.25, 0.3) is 0 Å². The van der Waals surface area contributed by atoms with Gasteiger partial charge in [-0.1, -0.05) is 64.1 Å². The molecule has 1 aliphatic heterocycles. The zero-order valence-electron chi connectivity index (χ0n) is 18.4. The number of fused-ring (bicyclic) bond motifs is 1. The number of nitrogens with zero attached hydrogens (tertiary/aromatic N) is 2. The highest BCUT2D eigenvalue weighted by molar-refractivity contribution is 5.90. The van der Waals surface area contributed by atoms with E-state index >= 15 is 0 Å². The third-order valence-electron chi connectivity index (χ3n) is 5.98. The summed E-state index contributed by atoms with van der Waals surface area (Å²) >= 11 is 0. The van der Waals surface area contributed by atoms with Gasteiger partial charge >= 0.3 is 6.03 Å². The summed E-state index contributed by atoms with van der Waals surface area (Å²) in [6, 6.07) is 20.9. The Labute approximate surface area is 179 Å². The van der Waals surface area contributed by atoms with Gasteiger partial charge in [-0.2, -0.15) is 0 Å². The third kappa shape index (κ3) is 4.00. The van der Waals surface area contributed by atoms with Crippen LogP contribution in [-0.4, -0.2) is 22.0 Å². The first-order chi connectivity index (χ1) is 14.4. The zero-order valence-corrected chi connectivity index (χ0v) is 18.4. The summed E-state index contributed by atoms with van der Waals surface area (Å²) in [4.78, 5) is 15.3. The first kappa shape index (κ1) is 20.3. The fourth-order valence-corrected chi connectivity index (χ4v) is 4.18. The van der Waals surface area contributed by atoms with Gasteiger partial charge in [-0.25, -0.2) is 4.79 Å². The van der Waals surface area contributed by atoms with Gasteiger partial charge in [0.05, 0.1) is 6.04 Å². The van der Waals surface area contributed by atoms with Gasteiger partial charge in [-0.15, -0.1) is 0 Å². The number of urea groups is 1. The van der Waals surface area contributed by atoms with E-state index in [0.29, 0.717) is 6.54 Å². The van der Waals surface area contributed by atoms with Crippen molar-refractivity contribution in [1.29, 1.82) is 0 Å². The van der Waals surface area contributed by atoms with Crippen molar-refractivity contribution in [3.8, 4) is 0 Å². The van der Waals surface area contributed by atoms with E-state index in [2.05, 4.69) is 92.3 Å². The van der Waals surface area contributed by atoms with Gasteiger partial charge in [0.25, 0.3) is 0 Å². The van der Waals surface area contributed by atoms with Gasteiger partial charge in [0.2, 0.25) is 0 Å². The highest BCUT2D eigenvalue weighted by Gasteiger charge is 2.32. The van der Waals surface area contributed by atoms with E-state index in [0.717, 1.165) is 29.9 Å². The zero-order chi connectivity index (χ0) is 21.3. The van der Waals surface area contributed by atoms with Crippen LogP contribution in [0.3, 0.4) is 0 Å². The van der Waals surface area contributed by atoms with Crippen LogP contribution >= 0.6 is 0 Å². The van der Waals surface area contributed by atoms with Crippen LogP contribution in [0.15, 0.2) is 66.9 Å². The molecule has 1 aliphatic rings. The molecule has 4 heteroatoms. The Bertz CT molecular complexity index is 1030. The molecule has 30 heavy (non-hydrogen) atoms. The first-order valence-corrected chi connectivity index (χ1v) is 10.8. The molecule has 2 heterocycles. The quantitative estimate of drug-likeness (QED) is 0.575. The number of carbonyl (C=O) groups is 1. The van der Waals surface area contributed by atoms with E-state index in [9.17, 15) is 4.79 Å². The maximum absolute atomic E-state index is 13.3. The van der Waals surface area contributed by atoms with E-state index in [1.807, 2.05) is 17.0 Å². The summed E-state index contributed by atoms with van der Waals surface area (Å²) in [7, 11) is 0. The van der Waals surface area contributed by atoms with Crippen molar-refractivity contribution in [1.82, 2.24) is 9.47 Å². The van der Waals surface area contributed by atoms with Crippen LogP contribution in [0.4, 0.5) is 10.5 Å². The number of amides is 2. The Balaban J connectivity index is 1.65. The van der Waals surface area contributed by atoms with E-state index in [1.54, 1.807) is 0 Å². The number of carbonyl (C=O) groups excluding carboxylic acids is 1. The number of anilines is 1. The van der Waals surface area contributed by atoms with Crippen molar-refractivity contribution < 1.29 is 4.79 Å². The van der Waals surface area contributed by atoms with Crippen LogP contribution in [0.1, 0.15) is 56.1 Å². The largest absolute Gasteiger partial charge is 0.348 e. The van der Waals surface area contributed by atoms with Gasteiger partial charge < -0.3 is 14.8 Å². The fraction of sp³-hybridized carbons (Fsp3) is 0.346. The maximum Gasteiger partial charge on any atom is 0.322 e. The molecule has 0 saturated carbocycles. The summed E-state index contributed by atoms with van der Waals surface area (Å²) in [5.41, 5.74) is 5.76. The van der Waals surface area contributed by atoms with Crippen molar-refractivity contribution in [3.05, 3.63) is 89.2 Å². The molecule has 3 aromatic rings. The van der Waals surface area contributed by atoms with Crippen molar-refractivity contribution in [2.45, 2.75) is 52.1 Å². The Morgan fingerprint density at radius 1 is 1.03 bits per heavy atom.